The van der Waals surface area contributed by atoms with Crippen LogP contribution in [0.5, 0.6) is 0 Å². The van der Waals surface area contributed by atoms with Gasteiger partial charge in [-0.15, -0.1) is 0 Å². The minimum absolute atomic E-state index is 0.000415. The number of allylic oxidation sites excluding steroid dienone is 1. The quantitative estimate of drug-likeness (QED) is 0.288. The number of carbonyl (C=O) groups excluding carboxylic acids is 2. The average molecular weight is 591 g/mol. The van der Waals surface area contributed by atoms with E-state index < -0.39 is 11.7 Å². The summed E-state index contributed by atoms with van der Waals surface area (Å²) in [6.07, 6.45) is 0.525. The number of carbonyl (C=O) groups is 2. The van der Waals surface area contributed by atoms with Crippen molar-refractivity contribution in [2.24, 2.45) is 0 Å². The van der Waals surface area contributed by atoms with Crippen LogP contribution in [0.1, 0.15) is 62.8 Å². The number of nitrogens with zero attached hydrogens (tertiary/aromatic N) is 3. The van der Waals surface area contributed by atoms with Crippen molar-refractivity contribution < 1.29 is 22.8 Å². The number of Topliss-reactive ketones (excluding diaryl/α,β-unsaturated/α-hetero) is 2. The van der Waals surface area contributed by atoms with Crippen LogP contribution in [-0.2, 0) is 36.9 Å². The van der Waals surface area contributed by atoms with Gasteiger partial charge in [-0.2, -0.15) is 13.2 Å². The van der Waals surface area contributed by atoms with Gasteiger partial charge >= 0.3 is 6.18 Å². The van der Waals surface area contributed by atoms with Crippen LogP contribution < -0.4 is 5.32 Å². The van der Waals surface area contributed by atoms with Gasteiger partial charge in [-0.1, -0.05) is 30.3 Å². The predicted octanol–water partition coefficient (Wildman–Crippen LogP) is 6.11. The second-order valence-corrected chi connectivity index (χ2v) is 11.9. The fourth-order valence-electron chi connectivity index (χ4n) is 5.80. The van der Waals surface area contributed by atoms with Gasteiger partial charge < -0.3 is 10.2 Å². The van der Waals surface area contributed by atoms with E-state index in [-0.39, 0.29) is 35.7 Å². The summed E-state index contributed by atoms with van der Waals surface area (Å²) in [7, 11) is 3.97. The van der Waals surface area contributed by atoms with Gasteiger partial charge in [0.2, 0.25) is 0 Å². The molecule has 0 saturated carbocycles. The minimum Gasteiger partial charge on any atom is -0.380 e. The standard InChI is InChI=1S/C34H37F3N4O2/c1-21-5-6-23(11-28(21)17-38-29-14-27-13-26(22(2)42)16-32(27)39-18-29)12-33(43)24-7-8-25(31(15-24)34(35,36)37)19-41-10-9-30(20-41)40(3)4/h5-8,11,13-15,18,30,38H,9-10,12,16-17,19-20H2,1-4H3. The summed E-state index contributed by atoms with van der Waals surface area (Å²) in [6.45, 7) is 5.67. The Labute approximate surface area is 250 Å². The molecule has 0 amide bonds. The Morgan fingerprint density at radius 3 is 2.58 bits per heavy atom. The van der Waals surface area contributed by atoms with Gasteiger partial charge in [0.15, 0.2) is 11.6 Å². The minimum atomic E-state index is -4.55. The highest BCUT2D eigenvalue weighted by Crippen LogP contribution is 2.34. The molecule has 5 rings (SSSR count). The number of fused-ring (bicyclic) bond motifs is 1. The first-order valence-corrected chi connectivity index (χ1v) is 14.5. The van der Waals surface area contributed by atoms with Crippen molar-refractivity contribution in [2.75, 3.05) is 32.5 Å². The van der Waals surface area contributed by atoms with E-state index in [1.807, 2.05) is 56.3 Å². The van der Waals surface area contributed by atoms with Gasteiger partial charge in [-0.05, 0) is 80.4 Å². The molecule has 226 valence electrons. The Balaban J connectivity index is 1.27. The molecule has 43 heavy (non-hydrogen) atoms. The monoisotopic (exact) mass is 590 g/mol. The molecule has 2 aromatic carbocycles. The van der Waals surface area contributed by atoms with Gasteiger partial charge in [-0.3, -0.25) is 19.5 Å². The molecule has 1 unspecified atom stereocenters. The third-order valence-electron chi connectivity index (χ3n) is 8.51. The van der Waals surface area contributed by atoms with Crippen LogP contribution in [0.15, 0.2) is 54.2 Å². The number of hydrogen-bond acceptors (Lipinski definition) is 6. The lowest BCUT2D eigenvalue weighted by atomic mass is 9.96. The number of aromatic nitrogens is 1. The first-order chi connectivity index (χ1) is 20.4. The third kappa shape index (κ3) is 7.22. The fourth-order valence-corrected chi connectivity index (χ4v) is 5.80. The summed E-state index contributed by atoms with van der Waals surface area (Å²) in [5.41, 5.74) is 5.61. The fraction of sp³-hybridized carbons (Fsp3) is 0.382. The Kier molecular flexibility index (Phi) is 8.85. The van der Waals surface area contributed by atoms with Crippen LogP contribution in [0.3, 0.4) is 0 Å². The van der Waals surface area contributed by atoms with Gasteiger partial charge in [0, 0.05) is 56.2 Å². The molecule has 1 saturated heterocycles. The first kappa shape index (κ1) is 30.6. The highest BCUT2D eigenvalue weighted by atomic mass is 19.4. The van der Waals surface area contributed by atoms with Crippen LogP contribution in [0.4, 0.5) is 18.9 Å². The number of likely N-dealkylation sites (tertiary alicyclic amines) is 1. The zero-order valence-corrected chi connectivity index (χ0v) is 25.0. The number of benzene rings is 2. The molecular weight excluding hydrogens is 553 g/mol. The summed E-state index contributed by atoms with van der Waals surface area (Å²) < 4.78 is 42.2. The second-order valence-electron chi connectivity index (χ2n) is 11.9. The molecule has 6 nitrogen and oxygen atoms in total. The molecule has 1 aliphatic heterocycles. The number of hydrogen-bond donors (Lipinski definition) is 1. The highest BCUT2D eigenvalue weighted by Gasteiger charge is 2.35. The largest absolute Gasteiger partial charge is 0.416 e. The Bertz CT molecular complexity index is 1580. The smallest absolute Gasteiger partial charge is 0.380 e. The van der Waals surface area contributed by atoms with Crippen molar-refractivity contribution in [3.63, 3.8) is 0 Å². The molecule has 1 aromatic heterocycles. The lowest BCUT2D eigenvalue weighted by Gasteiger charge is -2.22. The molecule has 1 N–H and O–H groups in total. The summed E-state index contributed by atoms with van der Waals surface area (Å²) in [6, 6.07) is 12.0. The van der Waals surface area contributed by atoms with E-state index in [1.165, 1.54) is 12.1 Å². The molecule has 1 fully saturated rings. The van der Waals surface area contributed by atoms with E-state index >= 15 is 0 Å². The van der Waals surface area contributed by atoms with Crippen molar-refractivity contribution in [3.8, 4) is 0 Å². The van der Waals surface area contributed by atoms with Crippen molar-refractivity contribution >= 4 is 23.3 Å². The molecular formula is C34H37F3N4O2. The van der Waals surface area contributed by atoms with Gasteiger partial charge in [-0.25, -0.2) is 0 Å². The number of aryl methyl sites for hydroxylation is 1. The molecule has 2 heterocycles. The molecule has 0 bridgehead atoms. The lowest BCUT2D eigenvalue weighted by molar-refractivity contribution is -0.138. The van der Waals surface area contributed by atoms with Crippen LogP contribution in [0, 0.1) is 6.92 Å². The van der Waals surface area contributed by atoms with E-state index in [1.54, 1.807) is 13.1 Å². The van der Waals surface area contributed by atoms with Crippen LogP contribution in [0.2, 0.25) is 0 Å². The Morgan fingerprint density at radius 2 is 1.88 bits per heavy atom. The number of likely N-dealkylation sites (N-methyl/N-ethyl adjacent to an activating group) is 1. The summed E-state index contributed by atoms with van der Waals surface area (Å²) in [5.74, 6) is -0.315. The Hall–Kier alpha value is -3.82. The van der Waals surface area contributed by atoms with Crippen molar-refractivity contribution in [3.05, 3.63) is 98.9 Å². The average Bonchev–Trinajstić information content (AvgIpc) is 3.60. The van der Waals surface area contributed by atoms with E-state index in [0.717, 1.165) is 64.8 Å². The number of alkyl halides is 3. The molecule has 2 aliphatic rings. The third-order valence-corrected chi connectivity index (χ3v) is 8.51. The zero-order valence-electron chi connectivity index (χ0n) is 25.0. The van der Waals surface area contributed by atoms with Gasteiger partial charge in [0.25, 0.3) is 0 Å². The van der Waals surface area contributed by atoms with Crippen LogP contribution in [0.25, 0.3) is 6.08 Å². The Morgan fingerprint density at radius 1 is 1.09 bits per heavy atom. The van der Waals surface area contributed by atoms with Crippen molar-refractivity contribution in [2.45, 2.75) is 58.4 Å². The SMILES string of the molecule is CC(=O)C1=Cc2cc(NCc3cc(CC(=O)c4ccc(CN5CCC(N(C)C)C5)c(C(F)(F)F)c4)ccc3C)cnc2C1. The molecule has 1 aliphatic carbocycles. The van der Waals surface area contributed by atoms with Crippen LogP contribution in [-0.4, -0.2) is 59.6 Å². The van der Waals surface area contributed by atoms with Gasteiger partial charge in [0.05, 0.1) is 23.1 Å². The number of rotatable bonds is 10. The zero-order chi connectivity index (χ0) is 30.9. The van der Waals surface area contributed by atoms with Crippen molar-refractivity contribution in [1.29, 1.82) is 0 Å². The van der Waals surface area contributed by atoms with E-state index in [4.69, 9.17) is 0 Å². The summed E-state index contributed by atoms with van der Waals surface area (Å²) >= 11 is 0. The number of anilines is 1. The van der Waals surface area contributed by atoms with E-state index in [2.05, 4.69) is 15.2 Å². The number of pyridine rings is 1. The maximum Gasteiger partial charge on any atom is 0.416 e. The molecule has 0 spiro atoms. The first-order valence-electron chi connectivity index (χ1n) is 14.5. The highest BCUT2D eigenvalue weighted by molar-refractivity contribution is 6.00. The van der Waals surface area contributed by atoms with Gasteiger partial charge in [0.1, 0.15) is 0 Å². The molecule has 0 radical (unpaired) electrons. The topological polar surface area (TPSA) is 65.5 Å². The van der Waals surface area contributed by atoms with Crippen LogP contribution >= 0.6 is 0 Å². The van der Waals surface area contributed by atoms with E-state index in [9.17, 15) is 22.8 Å². The maximum atomic E-state index is 14.1. The number of ketones is 2. The molecule has 1 atom stereocenters. The number of halogens is 3. The van der Waals surface area contributed by atoms with E-state index in [0.29, 0.717) is 19.0 Å². The second kappa shape index (κ2) is 12.4. The molecule has 9 heteroatoms. The summed E-state index contributed by atoms with van der Waals surface area (Å²) in [5, 5.41) is 3.36. The normalized spacial score (nSPS) is 16.8. The maximum absolute atomic E-state index is 14.1. The summed E-state index contributed by atoms with van der Waals surface area (Å²) in [4.78, 5) is 33.5. The van der Waals surface area contributed by atoms with Crippen molar-refractivity contribution in [1.82, 2.24) is 14.8 Å². The predicted molar refractivity (Wildman–Crippen MR) is 162 cm³/mol. The lowest BCUT2D eigenvalue weighted by Crippen LogP contribution is -2.31. The molecule has 3 aromatic rings. The number of nitrogens with one attached hydrogen (secondary N) is 1.